The standard InChI is InChI=1S/C19H15O4P/c20-17-12-11-14(19(21)22)13-18(17)24(23,15-7-3-1-4-8-15)16-9-5-2-6-10-16/h1-13,20H,(H,21,22). The first kappa shape index (κ1) is 16.0. The van der Waals surface area contributed by atoms with Crippen LogP contribution in [0.1, 0.15) is 10.4 Å². The van der Waals surface area contributed by atoms with Crippen LogP contribution in [-0.4, -0.2) is 16.2 Å². The van der Waals surface area contributed by atoms with Crippen molar-refractivity contribution in [1.82, 2.24) is 0 Å². The van der Waals surface area contributed by atoms with Gasteiger partial charge in [0.25, 0.3) is 0 Å². The smallest absolute Gasteiger partial charge is 0.335 e. The summed E-state index contributed by atoms with van der Waals surface area (Å²) < 4.78 is 14.1. The molecule has 0 atom stereocenters. The minimum Gasteiger partial charge on any atom is -0.507 e. The second kappa shape index (κ2) is 6.34. The second-order valence-corrected chi connectivity index (χ2v) is 8.02. The number of carbonyl (C=O) groups is 1. The van der Waals surface area contributed by atoms with Crippen LogP contribution in [0.4, 0.5) is 0 Å². The molecule has 4 nitrogen and oxygen atoms in total. The maximum atomic E-state index is 14.1. The lowest BCUT2D eigenvalue weighted by atomic mass is 10.2. The highest BCUT2D eigenvalue weighted by Crippen LogP contribution is 2.44. The number of aromatic carboxylic acids is 1. The predicted molar refractivity (Wildman–Crippen MR) is 94.5 cm³/mol. The van der Waals surface area contributed by atoms with E-state index in [4.69, 9.17) is 0 Å². The third-order valence-electron chi connectivity index (χ3n) is 3.80. The van der Waals surface area contributed by atoms with Crippen molar-refractivity contribution in [3.63, 3.8) is 0 Å². The topological polar surface area (TPSA) is 74.6 Å². The molecule has 0 aromatic heterocycles. The Kier molecular flexibility index (Phi) is 4.24. The van der Waals surface area contributed by atoms with E-state index in [-0.39, 0.29) is 16.6 Å². The van der Waals surface area contributed by atoms with Crippen molar-refractivity contribution in [2.75, 3.05) is 0 Å². The summed E-state index contributed by atoms with van der Waals surface area (Å²) in [6.07, 6.45) is 0. The number of hydrogen-bond acceptors (Lipinski definition) is 3. The van der Waals surface area contributed by atoms with Gasteiger partial charge < -0.3 is 14.8 Å². The minimum atomic E-state index is -3.39. The summed E-state index contributed by atoms with van der Waals surface area (Å²) in [7, 11) is -3.39. The van der Waals surface area contributed by atoms with Crippen LogP contribution in [-0.2, 0) is 4.57 Å². The van der Waals surface area contributed by atoms with Crippen LogP contribution in [0.25, 0.3) is 0 Å². The fourth-order valence-electron chi connectivity index (χ4n) is 2.61. The molecule has 0 aliphatic rings. The molecular weight excluding hydrogens is 323 g/mol. The number of carboxylic acids is 1. The van der Waals surface area contributed by atoms with Gasteiger partial charge in [-0.15, -0.1) is 0 Å². The number of carboxylic acid groups (broad SMARTS) is 1. The van der Waals surface area contributed by atoms with Crippen molar-refractivity contribution in [3.05, 3.63) is 84.4 Å². The van der Waals surface area contributed by atoms with E-state index in [1.165, 1.54) is 18.2 Å². The quantitative estimate of drug-likeness (QED) is 0.718. The molecule has 0 unspecified atom stereocenters. The normalized spacial score (nSPS) is 11.2. The van der Waals surface area contributed by atoms with Gasteiger partial charge in [0.1, 0.15) is 5.75 Å². The molecule has 0 aliphatic heterocycles. The molecular formula is C19H15O4P. The SMILES string of the molecule is O=C(O)c1ccc(O)c(P(=O)(c2ccccc2)c2ccccc2)c1. The van der Waals surface area contributed by atoms with Crippen molar-refractivity contribution in [1.29, 1.82) is 0 Å². The Hall–Kier alpha value is -2.84. The van der Waals surface area contributed by atoms with Crippen LogP contribution in [0, 0.1) is 0 Å². The Bertz CT molecular complexity index is 877. The molecule has 3 aromatic rings. The Morgan fingerprint density at radius 2 is 1.29 bits per heavy atom. The van der Waals surface area contributed by atoms with E-state index in [1.807, 2.05) is 12.1 Å². The van der Waals surface area contributed by atoms with E-state index in [1.54, 1.807) is 48.5 Å². The summed E-state index contributed by atoms with van der Waals surface area (Å²) in [5.41, 5.74) is -0.0186. The molecule has 0 radical (unpaired) electrons. The van der Waals surface area contributed by atoms with Gasteiger partial charge in [-0.3, -0.25) is 0 Å². The Balaban J connectivity index is 2.34. The van der Waals surface area contributed by atoms with Crippen LogP contribution in [0.5, 0.6) is 5.75 Å². The van der Waals surface area contributed by atoms with Gasteiger partial charge in [0, 0.05) is 10.6 Å². The molecule has 0 heterocycles. The molecule has 0 amide bonds. The van der Waals surface area contributed by atoms with Crippen LogP contribution < -0.4 is 15.9 Å². The molecule has 0 aliphatic carbocycles. The van der Waals surface area contributed by atoms with Crippen molar-refractivity contribution in [3.8, 4) is 5.75 Å². The Morgan fingerprint density at radius 3 is 1.75 bits per heavy atom. The molecule has 0 fully saturated rings. The van der Waals surface area contributed by atoms with Crippen molar-refractivity contribution in [2.24, 2.45) is 0 Å². The first-order valence-corrected chi connectivity index (χ1v) is 9.02. The summed E-state index contributed by atoms with van der Waals surface area (Å²) in [5.74, 6) is -1.32. The lowest BCUT2D eigenvalue weighted by Crippen LogP contribution is -2.25. The van der Waals surface area contributed by atoms with Gasteiger partial charge in [-0.2, -0.15) is 0 Å². The van der Waals surface area contributed by atoms with E-state index in [0.29, 0.717) is 10.6 Å². The maximum absolute atomic E-state index is 14.1. The zero-order chi connectivity index (χ0) is 17.2. The number of aromatic hydroxyl groups is 1. The van der Waals surface area contributed by atoms with Crippen molar-refractivity contribution < 1.29 is 19.6 Å². The summed E-state index contributed by atoms with van der Waals surface area (Å²) in [6, 6.07) is 21.4. The summed E-state index contributed by atoms with van der Waals surface area (Å²) in [6.45, 7) is 0. The number of benzene rings is 3. The van der Waals surface area contributed by atoms with Crippen molar-refractivity contribution >= 4 is 29.0 Å². The maximum Gasteiger partial charge on any atom is 0.335 e. The van der Waals surface area contributed by atoms with E-state index in [9.17, 15) is 19.6 Å². The second-order valence-electron chi connectivity index (χ2n) is 5.29. The molecule has 24 heavy (non-hydrogen) atoms. The Morgan fingerprint density at radius 1 is 0.792 bits per heavy atom. The highest BCUT2D eigenvalue weighted by molar-refractivity contribution is 7.85. The van der Waals surface area contributed by atoms with Crippen LogP contribution in [0.2, 0.25) is 0 Å². The van der Waals surface area contributed by atoms with Gasteiger partial charge in [0.05, 0.1) is 10.9 Å². The summed E-state index contributed by atoms with van der Waals surface area (Å²) in [5, 5.41) is 20.7. The van der Waals surface area contributed by atoms with Gasteiger partial charge in [-0.05, 0) is 18.2 Å². The number of rotatable bonds is 4. The monoisotopic (exact) mass is 338 g/mol. The van der Waals surface area contributed by atoms with Gasteiger partial charge >= 0.3 is 5.97 Å². The van der Waals surface area contributed by atoms with E-state index < -0.39 is 13.1 Å². The molecule has 3 aromatic carbocycles. The average Bonchev–Trinajstić information content (AvgIpc) is 2.62. The van der Waals surface area contributed by atoms with E-state index in [0.717, 1.165) is 0 Å². The summed E-state index contributed by atoms with van der Waals surface area (Å²) in [4.78, 5) is 11.3. The summed E-state index contributed by atoms with van der Waals surface area (Å²) >= 11 is 0. The van der Waals surface area contributed by atoms with Gasteiger partial charge in [0.15, 0.2) is 7.14 Å². The predicted octanol–water partition coefficient (Wildman–Crippen LogP) is 2.73. The van der Waals surface area contributed by atoms with Crippen molar-refractivity contribution in [2.45, 2.75) is 0 Å². The molecule has 2 N–H and O–H groups in total. The molecule has 0 saturated carbocycles. The fraction of sp³-hybridized carbons (Fsp3) is 0. The zero-order valence-electron chi connectivity index (χ0n) is 12.7. The molecule has 5 heteroatoms. The lowest BCUT2D eigenvalue weighted by Gasteiger charge is -2.21. The van der Waals surface area contributed by atoms with Gasteiger partial charge in [-0.1, -0.05) is 60.7 Å². The third kappa shape index (κ3) is 2.72. The number of hydrogen-bond donors (Lipinski definition) is 2. The molecule has 120 valence electrons. The van der Waals surface area contributed by atoms with E-state index in [2.05, 4.69) is 0 Å². The average molecular weight is 338 g/mol. The molecule has 0 bridgehead atoms. The molecule has 0 saturated heterocycles. The van der Waals surface area contributed by atoms with Gasteiger partial charge in [-0.25, -0.2) is 4.79 Å². The molecule has 3 rings (SSSR count). The van der Waals surface area contributed by atoms with Crippen LogP contribution >= 0.6 is 7.14 Å². The first-order valence-electron chi connectivity index (χ1n) is 7.31. The van der Waals surface area contributed by atoms with E-state index >= 15 is 0 Å². The highest BCUT2D eigenvalue weighted by atomic mass is 31.2. The number of phenols is 1. The zero-order valence-corrected chi connectivity index (χ0v) is 13.6. The minimum absolute atomic E-state index is 0.0186. The lowest BCUT2D eigenvalue weighted by molar-refractivity contribution is 0.0697. The third-order valence-corrected chi connectivity index (χ3v) is 6.89. The first-order chi connectivity index (χ1) is 11.5. The fourth-order valence-corrected chi connectivity index (χ4v) is 5.37. The van der Waals surface area contributed by atoms with Crippen LogP contribution in [0.3, 0.4) is 0 Å². The van der Waals surface area contributed by atoms with Gasteiger partial charge in [0.2, 0.25) is 0 Å². The largest absolute Gasteiger partial charge is 0.507 e. The Labute approximate surface area is 139 Å². The molecule has 0 spiro atoms. The number of phenolic OH excluding ortho intramolecular Hbond substituents is 1. The highest BCUT2D eigenvalue weighted by Gasteiger charge is 2.32. The van der Waals surface area contributed by atoms with Crippen LogP contribution in [0.15, 0.2) is 78.9 Å².